The molecule has 0 bridgehead atoms. The average Bonchev–Trinajstić information content (AvgIpc) is 2.67. The molecule has 70 valence electrons. The summed E-state index contributed by atoms with van der Waals surface area (Å²) >= 11 is 1.69. The summed E-state index contributed by atoms with van der Waals surface area (Å²) in [4.78, 5) is 4.51. The number of piperidine rings is 1. The SMILES string of the molecule is CNc1nc([C@H]2CC3CC3N2)cs1. The van der Waals surface area contributed by atoms with Crippen molar-refractivity contribution in [1.29, 1.82) is 0 Å². The maximum absolute atomic E-state index is 4.51. The molecule has 0 aromatic carbocycles. The first-order chi connectivity index (χ1) is 6.36. The standard InChI is InChI=1S/C9H13N3S/c1-10-9-12-8(4-13-9)7-3-5-2-6(5)11-7/h4-7,11H,2-3H2,1H3,(H,10,12)/t5?,6?,7-/m1/s1. The van der Waals surface area contributed by atoms with E-state index in [2.05, 4.69) is 21.0 Å². The summed E-state index contributed by atoms with van der Waals surface area (Å²) in [7, 11) is 1.92. The number of hydrogen-bond donors (Lipinski definition) is 2. The number of hydrogen-bond acceptors (Lipinski definition) is 4. The number of nitrogens with one attached hydrogen (secondary N) is 2. The molecule has 2 aliphatic rings. The molecule has 0 amide bonds. The van der Waals surface area contributed by atoms with Crippen molar-refractivity contribution in [3.63, 3.8) is 0 Å². The molecule has 3 rings (SSSR count). The number of rotatable bonds is 2. The quantitative estimate of drug-likeness (QED) is 0.752. The number of anilines is 1. The van der Waals surface area contributed by atoms with Crippen LogP contribution in [0.5, 0.6) is 0 Å². The third-order valence-electron chi connectivity index (χ3n) is 2.97. The Labute approximate surface area is 81.6 Å². The Balaban J connectivity index is 1.77. The van der Waals surface area contributed by atoms with Gasteiger partial charge < -0.3 is 10.6 Å². The highest BCUT2D eigenvalue weighted by atomic mass is 32.1. The lowest BCUT2D eigenvalue weighted by Gasteiger charge is -2.08. The monoisotopic (exact) mass is 195 g/mol. The fraction of sp³-hybridized carbons (Fsp3) is 0.667. The zero-order valence-electron chi connectivity index (χ0n) is 7.58. The Kier molecular flexibility index (Phi) is 1.60. The van der Waals surface area contributed by atoms with E-state index in [-0.39, 0.29) is 0 Å². The third-order valence-corrected chi connectivity index (χ3v) is 3.85. The second-order valence-electron chi connectivity index (χ2n) is 3.88. The van der Waals surface area contributed by atoms with Crippen LogP contribution in [0.25, 0.3) is 0 Å². The van der Waals surface area contributed by atoms with Crippen molar-refractivity contribution in [1.82, 2.24) is 10.3 Å². The molecule has 1 aliphatic heterocycles. The lowest BCUT2D eigenvalue weighted by molar-refractivity contribution is 0.557. The summed E-state index contributed by atoms with van der Waals surface area (Å²) in [5.41, 5.74) is 1.22. The number of aromatic nitrogens is 1. The first-order valence-electron chi connectivity index (χ1n) is 4.76. The summed E-state index contributed by atoms with van der Waals surface area (Å²) in [6, 6.07) is 1.34. The van der Waals surface area contributed by atoms with Crippen LogP contribution in [0.3, 0.4) is 0 Å². The molecule has 13 heavy (non-hydrogen) atoms. The van der Waals surface area contributed by atoms with Crippen LogP contribution in [0.2, 0.25) is 0 Å². The highest BCUT2D eigenvalue weighted by Gasteiger charge is 2.46. The first kappa shape index (κ1) is 7.76. The third kappa shape index (κ3) is 1.25. The van der Waals surface area contributed by atoms with E-state index in [4.69, 9.17) is 0 Å². The Bertz CT molecular complexity index is 312. The molecular formula is C9H13N3S. The van der Waals surface area contributed by atoms with Gasteiger partial charge in [0, 0.05) is 18.5 Å². The van der Waals surface area contributed by atoms with Crippen LogP contribution in [-0.4, -0.2) is 18.1 Å². The van der Waals surface area contributed by atoms with Crippen LogP contribution < -0.4 is 10.6 Å². The minimum Gasteiger partial charge on any atom is -0.365 e. The molecule has 3 nitrogen and oxygen atoms in total. The fourth-order valence-electron chi connectivity index (χ4n) is 2.11. The Hall–Kier alpha value is -0.610. The highest BCUT2D eigenvalue weighted by molar-refractivity contribution is 7.13. The van der Waals surface area contributed by atoms with E-state index in [1.54, 1.807) is 11.3 Å². The molecule has 1 saturated heterocycles. The van der Waals surface area contributed by atoms with Gasteiger partial charge in [-0.1, -0.05) is 0 Å². The van der Waals surface area contributed by atoms with Crippen LogP contribution in [0, 0.1) is 5.92 Å². The average molecular weight is 195 g/mol. The van der Waals surface area contributed by atoms with Crippen LogP contribution >= 0.6 is 11.3 Å². The summed E-state index contributed by atoms with van der Waals surface area (Å²) in [5, 5.41) is 9.86. The predicted octanol–water partition coefficient (Wildman–Crippen LogP) is 1.61. The van der Waals surface area contributed by atoms with Gasteiger partial charge in [0.15, 0.2) is 5.13 Å². The molecule has 2 N–H and O–H groups in total. The van der Waals surface area contributed by atoms with Crippen molar-refractivity contribution in [2.45, 2.75) is 24.9 Å². The molecule has 1 aromatic rings. The molecule has 2 fully saturated rings. The van der Waals surface area contributed by atoms with Crippen LogP contribution in [0.1, 0.15) is 24.6 Å². The van der Waals surface area contributed by atoms with Crippen molar-refractivity contribution in [3.8, 4) is 0 Å². The Morgan fingerprint density at radius 2 is 2.54 bits per heavy atom. The van der Waals surface area contributed by atoms with Gasteiger partial charge >= 0.3 is 0 Å². The minimum absolute atomic E-state index is 0.530. The molecule has 1 saturated carbocycles. The van der Waals surface area contributed by atoms with Crippen molar-refractivity contribution >= 4 is 16.5 Å². The maximum Gasteiger partial charge on any atom is 0.182 e. The van der Waals surface area contributed by atoms with Crippen molar-refractivity contribution < 1.29 is 0 Å². The van der Waals surface area contributed by atoms with Gasteiger partial charge in [0.1, 0.15) is 0 Å². The van der Waals surface area contributed by atoms with Crippen LogP contribution in [0.15, 0.2) is 5.38 Å². The van der Waals surface area contributed by atoms with E-state index >= 15 is 0 Å². The van der Waals surface area contributed by atoms with Gasteiger partial charge in [-0.2, -0.15) is 0 Å². The van der Waals surface area contributed by atoms with Gasteiger partial charge in [-0.15, -0.1) is 11.3 Å². The zero-order valence-corrected chi connectivity index (χ0v) is 8.40. The van der Waals surface area contributed by atoms with E-state index in [1.165, 1.54) is 18.5 Å². The van der Waals surface area contributed by atoms with Gasteiger partial charge in [0.05, 0.1) is 11.7 Å². The molecule has 2 heterocycles. The first-order valence-corrected chi connectivity index (χ1v) is 5.64. The van der Waals surface area contributed by atoms with E-state index in [9.17, 15) is 0 Å². The van der Waals surface area contributed by atoms with Crippen LogP contribution in [0.4, 0.5) is 5.13 Å². The van der Waals surface area contributed by atoms with Crippen molar-refractivity contribution in [2.24, 2.45) is 5.92 Å². The molecule has 1 aromatic heterocycles. The van der Waals surface area contributed by atoms with Gasteiger partial charge in [0.2, 0.25) is 0 Å². The van der Waals surface area contributed by atoms with E-state index in [0.29, 0.717) is 6.04 Å². The van der Waals surface area contributed by atoms with E-state index < -0.39 is 0 Å². The fourth-order valence-corrected chi connectivity index (χ4v) is 2.83. The van der Waals surface area contributed by atoms with E-state index in [1.807, 2.05) is 7.05 Å². The molecular weight excluding hydrogens is 182 g/mol. The zero-order chi connectivity index (χ0) is 8.84. The molecule has 4 heteroatoms. The lowest BCUT2D eigenvalue weighted by atomic mass is 10.1. The number of fused-ring (bicyclic) bond motifs is 1. The van der Waals surface area contributed by atoms with E-state index in [0.717, 1.165) is 17.1 Å². The second-order valence-corrected chi connectivity index (χ2v) is 4.74. The molecule has 2 unspecified atom stereocenters. The highest BCUT2D eigenvalue weighted by Crippen LogP contribution is 2.46. The van der Waals surface area contributed by atoms with Gasteiger partial charge in [0.25, 0.3) is 0 Å². The van der Waals surface area contributed by atoms with Gasteiger partial charge in [-0.3, -0.25) is 0 Å². The summed E-state index contributed by atoms with van der Waals surface area (Å²) < 4.78 is 0. The number of thiazole rings is 1. The summed E-state index contributed by atoms with van der Waals surface area (Å²) in [5.74, 6) is 0.949. The Morgan fingerprint density at radius 3 is 3.15 bits per heavy atom. The summed E-state index contributed by atoms with van der Waals surface area (Å²) in [6.07, 6.45) is 2.68. The van der Waals surface area contributed by atoms with Crippen molar-refractivity contribution in [3.05, 3.63) is 11.1 Å². The summed E-state index contributed by atoms with van der Waals surface area (Å²) in [6.45, 7) is 0. The number of nitrogens with zero attached hydrogens (tertiary/aromatic N) is 1. The molecule has 3 atom stereocenters. The second kappa shape index (κ2) is 2.69. The normalized spacial score (nSPS) is 35.9. The van der Waals surface area contributed by atoms with Gasteiger partial charge in [-0.05, 0) is 18.8 Å². The smallest absolute Gasteiger partial charge is 0.182 e. The molecule has 0 radical (unpaired) electrons. The van der Waals surface area contributed by atoms with Gasteiger partial charge in [-0.25, -0.2) is 4.98 Å². The van der Waals surface area contributed by atoms with Crippen molar-refractivity contribution in [2.75, 3.05) is 12.4 Å². The lowest BCUT2D eigenvalue weighted by Crippen LogP contribution is -2.17. The maximum atomic E-state index is 4.51. The molecule has 0 spiro atoms. The van der Waals surface area contributed by atoms with Crippen LogP contribution in [-0.2, 0) is 0 Å². The minimum atomic E-state index is 0.530. The largest absolute Gasteiger partial charge is 0.365 e. The topological polar surface area (TPSA) is 37.0 Å². The Morgan fingerprint density at radius 1 is 1.62 bits per heavy atom. The molecule has 1 aliphatic carbocycles. The predicted molar refractivity (Wildman–Crippen MR) is 54.0 cm³/mol.